The van der Waals surface area contributed by atoms with Crippen molar-refractivity contribution in [3.8, 4) is 11.8 Å². The van der Waals surface area contributed by atoms with Crippen molar-refractivity contribution in [2.45, 2.75) is 18.8 Å². The highest BCUT2D eigenvalue weighted by Gasteiger charge is 2.26. The van der Waals surface area contributed by atoms with E-state index in [1.807, 2.05) is 5.38 Å². The lowest BCUT2D eigenvalue weighted by Crippen LogP contribution is -2.12. The molecule has 21 heavy (non-hydrogen) atoms. The Morgan fingerprint density at radius 3 is 3.10 bits per heavy atom. The molecule has 1 aliphatic carbocycles. The Kier molecular flexibility index (Phi) is 3.95. The molecule has 1 amide bonds. The Balaban J connectivity index is 1.71. The molecule has 2 aromatic heterocycles. The van der Waals surface area contributed by atoms with Crippen LogP contribution in [0.5, 0.6) is 0 Å². The Morgan fingerprint density at radius 1 is 1.48 bits per heavy atom. The van der Waals surface area contributed by atoms with E-state index in [0.717, 1.165) is 5.69 Å². The number of nitrogens with two attached hydrogens (primary N) is 1. The second kappa shape index (κ2) is 6.04. The van der Waals surface area contributed by atoms with Gasteiger partial charge < -0.3 is 5.73 Å². The average molecular weight is 298 g/mol. The van der Waals surface area contributed by atoms with Crippen LogP contribution in [0.4, 0.5) is 5.13 Å². The Labute approximate surface area is 126 Å². The minimum atomic E-state index is -0.226. The van der Waals surface area contributed by atoms with Gasteiger partial charge in [0, 0.05) is 29.3 Å². The number of aromatic nitrogens is 2. The summed E-state index contributed by atoms with van der Waals surface area (Å²) < 4.78 is 0. The van der Waals surface area contributed by atoms with Crippen LogP contribution in [-0.2, 0) is 0 Å². The predicted molar refractivity (Wildman–Crippen MR) is 82.2 cm³/mol. The lowest BCUT2D eigenvalue weighted by molar-refractivity contribution is 0.102. The quantitative estimate of drug-likeness (QED) is 0.849. The molecule has 0 bridgehead atoms. The van der Waals surface area contributed by atoms with Crippen molar-refractivity contribution in [2.75, 3.05) is 11.9 Å². The SMILES string of the molecule is NCC#Cc1cncc(C(=O)Nc2nc(C3CC3)cs2)c1. The molecule has 1 fully saturated rings. The van der Waals surface area contributed by atoms with Crippen LogP contribution in [0.1, 0.15) is 40.4 Å². The summed E-state index contributed by atoms with van der Waals surface area (Å²) in [7, 11) is 0. The number of hydrogen-bond donors (Lipinski definition) is 2. The summed E-state index contributed by atoms with van der Waals surface area (Å²) in [5.41, 5.74) is 7.54. The van der Waals surface area contributed by atoms with Gasteiger partial charge in [0.05, 0.1) is 17.8 Å². The molecule has 5 nitrogen and oxygen atoms in total. The fourth-order valence-corrected chi connectivity index (χ4v) is 2.65. The van der Waals surface area contributed by atoms with Crippen molar-refractivity contribution in [3.05, 3.63) is 40.7 Å². The van der Waals surface area contributed by atoms with E-state index in [4.69, 9.17) is 5.73 Å². The Morgan fingerprint density at radius 2 is 2.33 bits per heavy atom. The lowest BCUT2D eigenvalue weighted by atomic mass is 10.2. The number of hydrogen-bond acceptors (Lipinski definition) is 5. The van der Waals surface area contributed by atoms with E-state index in [2.05, 4.69) is 27.1 Å². The molecule has 0 aliphatic heterocycles. The number of carbonyl (C=O) groups excluding carboxylic acids is 1. The maximum Gasteiger partial charge on any atom is 0.259 e. The molecule has 1 aliphatic rings. The first-order chi connectivity index (χ1) is 10.3. The number of rotatable bonds is 3. The normalized spacial score (nSPS) is 13.4. The molecule has 0 radical (unpaired) electrons. The molecule has 3 rings (SSSR count). The highest BCUT2D eigenvalue weighted by atomic mass is 32.1. The van der Waals surface area contributed by atoms with Gasteiger partial charge in [0.25, 0.3) is 5.91 Å². The topological polar surface area (TPSA) is 80.9 Å². The van der Waals surface area contributed by atoms with Crippen molar-refractivity contribution in [1.29, 1.82) is 0 Å². The molecular formula is C15H14N4OS. The molecule has 0 aromatic carbocycles. The van der Waals surface area contributed by atoms with Gasteiger partial charge in [-0.05, 0) is 18.9 Å². The van der Waals surface area contributed by atoms with E-state index in [1.165, 1.54) is 30.4 Å². The molecule has 6 heteroatoms. The van der Waals surface area contributed by atoms with E-state index in [1.54, 1.807) is 12.3 Å². The van der Waals surface area contributed by atoms with Crippen LogP contribution >= 0.6 is 11.3 Å². The van der Waals surface area contributed by atoms with Gasteiger partial charge in [-0.1, -0.05) is 11.8 Å². The molecule has 2 aromatic rings. The minimum absolute atomic E-state index is 0.226. The summed E-state index contributed by atoms with van der Waals surface area (Å²) in [5.74, 6) is 5.96. The van der Waals surface area contributed by atoms with Crippen LogP contribution in [0.25, 0.3) is 0 Å². The van der Waals surface area contributed by atoms with Gasteiger partial charge in [0.1, 0.15) is 0 Å². The highest BCUT2D eigenvalue weighted by Crippen LogP contribution is 2.40. The molecule has 0 atom stereocenters. The summed E-state index contributed by atoms with van der Waals surface area (Å²) >= 11 is 1.45. The number of amides is 1. The molecule has 1 saturated carbocycles. The van der Waals surface area contributed by atoms with Gasteiger partial charge in [0.2, 0.25) is 0 Å². The average Bonchev–Trinajstić information content (AvgIpc) is 3.26. The number of nitrogens with zero attached hydrogens (tertiary/aromatic N) is 2. The molecule has 3 N–H and O–H groups in total. The van der Waals surface area contributed by atoms with E-state index < -0.39 is 0 Å². The van der Waals surface area contributed by atoms with Crippen molar-refractivity contribution < 1.29 is 4.79 Å². The van der Waals surface area contributed by atoms with Crippen LogP contribution in [0, 0.1) is 11.8 Å². The van der Waals surface area contributed by atoms with Crippen molar-refractivity contribution in [2.24, 2.45) is 5.73 Å². The maximum atomic E-state index is 12.2. The van der Waals surface area contributed by atoms with Crippen LogP contribution in [0.2, 0.25) is 0 Å². The first-order valence-corrected chi connectivity index (χ1v) is 7.55. The number of carbonyl (C=O) groups is 1. The van der Waals surface area contributed by atoms with E-state index in [-0.39, 0.29) is 12.5 Å². The van der Waals surface area contributed by atoms with Gasteiger partial charge in [-0.3, -0.25) is 15.1 Å². The minimum Gasteiger partial charge on any atom is -0.320 e. The first kappa shape index (κ1) is 13.7. The standard InChI is InChI=1S/C15H14N4OS/c16-5-1-2-10-6-12(8-17-7-10)14(20)19-15-18-13(9-21-15)11-3-4-11/h6-9,11H,3-5,16H2,(H,18,19,20). The molecule has 0 saturated heterocycles. The first-order valence-electron chi connectivity index (χ1n) is 6.67. The fraction of sp³-hybridized carbons (Fsp3) is 0.267. The number of nitrogens with one attached hydrogen (secondary N) is 1. The zero-order chi connectivity index (χ0) is 14.7. The maximum absolute atomic E-state index is 12.2. The molecule has 106 valence electrons. The van der Waals surface area contributed by atoms with Gasteiger partial charge >= 0.3 is 0 Å². The third kappa shape index (κ3) is 3.45. The monoisotopic (exact) mass is 298 g/mol. The van der Waals surface area contributed by atoms with E-state index in [9.17, 15) is 4.79 Å². The number of pyridine rings is 1. The highest BCUT2D eigenvalue weighted by molar-refractivity contribution is 7.14. The molecule has 0 unspecified atom stereocenters. The van der Waals surface area contributed by atoms with Gasteiger partial charge in [0.15, 0.2) is 5.13 Å². The zero-order valence-corrected chi connectivity index (χ0v) is 12.1. The second-order valence-electron chi connectivity index (χ2n) is 4.77. The van der Waals surface area contributed by atoms with Gasteiger partial charge in [-0.25, -0.2) is 4.98 Å². The van der Waals surface area contributed by atoms with E-state index in [0.29, 0.717) is 22.2 Å². The zero-order valence-electron chi connectivity index (χ0n) is 11.3. The fourth-order valence-electron chi connectivity index (χ4n) is 1.87. The summed E-state index contributed by atoms with van der Waals surface area (Å²) in [6.45, 7) is 0.277. The summed E-state index contributed by atoms with van der Waals surface area (Å²) in [6, 6.07) is 1.69. The summed E-state index contributed by atoms with van der Waals surface area (Å²) in [6.07, 6.45) is 5.51. The van der Waals surface area contributed by atoms with Crippen LogP contribution < -0.4 is 11.1 Å². The summed E-state index contributed by atoms with van der Waals surface area (Å²) in [5, 5.41) is 5.43. The molecule has 0 spiro atoms. The largest absolute Gasteiger partial charge is 0.320 e. The van der Waals surface area contributed by atoms with Crippen LogP contribution in [0.15, 0.2) is 23.8 Å². The third-order valence-corrected chi connectivity index (χ3v) is 3.85. The number of anilines is 1. The lowest BCUT2D eigenvalue weighted by Gasteiger charge is -2.01. The Hall–Kier alpha value is -2.23. The van der Waals surface area contributed by atoms with E-state index >= 15 is 0 Å². The summed E-state index contributed by atoms with van der Waals surface area (Å²) in [4.78, 5) is 20.6. The van der Waals surface area contributed by atoms with Crippen LogP contribution in [0.3, 0.4) is 0 Å². The molecule has 2 heterocycles. The van der Waals surface area contributed by atoms with Gasteiger partial charge in [-0.2, -0.15) is 0 Å². The molecular weight excluding hydrogens is 284 g/mol. The number of thiazole rings is 1. The predicted octanol–water partition coefficient (Wildman–Crippen LogP) is 1.98. The van der Waals surface area contributed by atoms with Crippen molar-refractivity contribution >= 4 is 22.4 Å². The Bertz CT molecular complexity index is 725. The van der Waals surface area contributed by atoms with Crippen LogP contribution in [-0.4, -0.2) is 22.4 Å². The third-order valence-electron chi connectivity index (χ3n) is 3.07. The van der Waals surface area contributed by atoms with Gasteiger partial charge in [-0.15, -0.1) is 11.3 Å². The second-order valence-corrected chi connectivity index (χ2v) is 5.63. The smallest absolute Gasteiger partial charge is 0.259 e. The van der Waals surface area contributed by atoms with Crippen molar-refractivity contribution in [1.82, 2.24) is 9.97 Å². The van der Waals surface area contributed by atoms with Crippen molar-refractivity contribution in [3.63, 3.8) is 0 Å².